The van der Waals surface area contributed by atoms with Gasteiger partial charge in [-0.3, -0.25) is 14.6 Å². The van der Waals surface area contributed by atoms with Crippen LogP contribution in [-0.4, -0.2) is 54.4 Å². The molecule has 1 aromatic carbocycles. The van der Waals surface area contributed by atoms with E-state index in [2.05, 4.69) is 10.3 Å². The summed E-state index contributed by atoms with van der Waals surface area (Å²) < 4.78 is 40.2. The lowest BCUT2D eigenvalue weighted by atomic mass is 9.76. The van der Waals surface area contributed by atoms with Crippen LogP contribution in [0.3, 0.4) is 0 Å². The van der Waals surface area contributed by atoms with Crippen LogP contribution in [0.4, 0.5) is 18.9 Å². The maximum atomic E-state index is 13.4. The number of aromatic nitrogens is 1. The number of hydrogen-bond acceptors (Lipinski definition) is 5. The van der Waals surface area contributed by atoms with Crippen molar-refractivity contribution in [1.29, 1.82) is 5.26 Å². The van der Waals surface area contributed by atoms with Crippen LogP contribution in [-0.2, 0) is 11.0 Å². The summed E-state index contributed by atoms with van der Waals surface area (Å²) in [5, 5.41) is 11.7. The Morgan fingerprint density at radius 1 is 1.20 bits per heavy atom. The molecule has 1 N–H and O–H groups in total. The Kier molecular flexibility index (Phi) is 6.45. The van der Waals surface area contributed by atoms with Crippen LogP contribution in [0.1, 0.15) is 46.3 Å². The number of halogens is 3. The van der Waals surface area contributed by atoms with Crippen molar-refractivity contribution in [2.24, 2.45) is 5.41 Å². The molecule has 2 saturated heterocycles. The molecule has 2 fully saturated rings. The third kappa shape index (κ3) is 4.81. The van der Waals surface area contributed by atoms with Crippen LogP contribution >= 0.6 is 0 Å². The number of nitriles is 1. The molecule has 1 unspecified atom stereocenters. The van der Waals surface area contributed by atoms with Crippen molar-refractivity contribution in [2.45, 2.75) is 38.4 Å². The molecular weight excluding hydrogens is 459 g/mol. The highest BCUT2D eigenvalue weighted by Crippen LogP contribution is 2.45. The number of benzene rings is 1. The van der Waals surface area contributed by atoms with E-state index in [0.29, 0.717) is 50.1 Å². The van der Waals surface area contributed by atoms with E-state index in [-0.39, 0.29) is 17.2 Å². The van der Waals surface area contributed by atoms with Crippen LogP contribution < -0.4 is 10.2 Å². The van der Waals surface area contributed by atoms with Crippen molar-refractivity contribution in [2.75, 3.05) is 31.6 Å². The zero-order valence-electron chi connectivity index (χ0n) is 19.5. The van der Waals surface area contributed by atoms with Gasteiger partial charge in [0.25, 0.3) is 5.91 Å². The highest BCUT2D eigenvalue weighted by Gasteiger charge is 2.49. The summed E-state index contributed by atoms with van der Waals surface area (Å²) >= 11 is 0. The minimum absolute atomic E-state index is 0.236. The Balaban J connectivity index is 1.54. The largest absolute Gasteiger partial charge is 0.417 e. The highest BCUT2D eigenvalue weighted by molar-refractivity contribution is 5.98. The number of nitrogens with one attached hydrogen (secondary N) is 1. The molecule has 4 rings (SSSR count). The molecule has 184 valence electrons. The third-order valence-corrected chi connectivity index (χ3v) is 7.06. The summed E-state index contributed by atoms with van der Waals surface area (Å²) in [5.41, 5.74) is 0.0206. The van der Waals surface area contributed by atoms with Gasteiger partial charge in [-0.05, 0) is 61.4 Å². The van der Waals surface area contributed by atoms with Gasteiger partial charge in [-0.2, -0.15) is 18.4 Å². The second-order valence-corrected chi connectivity index (χ2v) is 9.34. The number of pyridine rings is 1. The molecule has 0 aliphatic carbocycles. The van der Waals surface area contributed by atoms with Crippen LogP contribution in [0.2, 0.25) is 0 Å². The van der Waals surface area contributed by atoms with Gasteiger partial charge in [0.1, 0.15) is 6.04 Å². The predicted octanol–water partition coefficient (Wildman–Crippen LogP) is 3.53. The third-order valence-electron chi connectivity index (χ3n) is 7.06. The topological polar surface area (TPSA) is 89.3 Å². The molecular formula is C25H26F3N5O2. The molecule has 1 aromatic heterocycles. The number of aryl methyl sites for hydroxylation is 1. The highest BCUT2D eigenvalue weighted by atomic mass is 19.4. The summed E-state index contributed by atoms with van der Waals surface area (Å²) in [6, 6.07) is 6.50. The maximum absolute atomic E-state index is 13.4. The fourth-order valence-electron chi connectivity index (χ4n) is 5.17. The van der Waals surface area contributed by atoms with E-state index in [1.807, 2.05) is 11.8 Å². The molecule has 1 spiro atoms. The molecule has 35 heavy (non-hydrogen) atoms. The second-order valence-electron chi connectivity index (χ2n) is 9.34. The summed E-state index contributed by atoms with van der Waals surface area (Å²) in [6.07, 6.45) is 0.270. The van der Waals surface area contributed by atoms with Gasteiger partial charge in [-0.15, -0.1) is 0 Å². The van der Waals surface area contributed by atoms with Crippen molar-refractivity contribution in [3.63, 3.8) is 0 Å². The minimum Gasteiger partial charge on any atom is -0.371 e. The van der Waals surface area contributed by atoms with E-state index < -0.39 is 23.3 Å². The summed E-state index contributed by atoms with van der Waals surface area (Å²) in [4.78, 5) is 33.5. The molecule has 0 radical (unpaired) electrons. The van der Waals surface area contributed by atoms with Gasteiger partial charge in [0, 0.05) is 44.8 Å². The Bertz CT molecular complexity index is 1180. The SMILES string of the molecule is CNC(=O)C1CC2(CCN(c3ccc(C#N)c(C(F)(F)F)c3)CC2)CN1C(=O)c1cncc(C)c1. The van der Waals surface area contributed by atoms with Crippen molar-refractivity contribution >= 4 is 17.5 Å². The Morgan fingerprint density at radius 3 is 2.51 bits per heavy atom. The van der Waals surface area contributed by atoms with Gasteiger partial charge in [-0.25, -0.2) is 0 Å². The molecule has 10 heteroatoms. The molecule has 0 bridgehead atoms. The zero-order valence-corrected chi connectivity index (χ0v) is 19.5. The fraction of sp³-hybridized carbons (Fsp3) is 0.440. The molecule has 2 aromatic rings. The molecule has 7 nitrogen and oxygen atoms in total. The van der Waals surface area contributed by atoms with E-state index in [4.69, 9.17) is 5.26 Å². The number of carbonyl (C=O) groups is 2. The van der Waals surface area contributed by atoms with E-state index in [9.17, 15) is 22.8 Å². The standard InChI is InChI=1S/C25H26F3N5O2/c1-16-9-18(14-31-13-16)23(35)33-15-24(11-21(33)22(34)30-2)5-7-32(8-6-24)19-4-3-17(12-29)20(10-19)25(26,27)28/h3-4,9-10,13-14,21H,5-8,11,15H2,1-2H3,(H,30,34). The normalized spacial score (nSPS) is 19.5. The van der Waals surface area contributed by atoms with Crippen molar-refractivity contribution in [3.05, 3.63) is 58.9 Å². The number of hydrogen-bond donors (Lipinski definition) is 1. The average Bonchev–Trinajstić information content (AvgIpc) is 3.21. The minimum atomic E-state index is -4.62. The first kappa shape index (κ1) is 24.5. The number of nitrogens with zero attached hydrogens (tertiary/aromatic N) is 4. The lowest BCUT2D eigenvalue weighted by Crippen LogP contribution is -2.45. The lowest BCUT2D eigenvalue weighted by Gasteiger charge is -2.40. The smallest absolute Gasteiger partial charge is 0.371 e. The molecule has 2 aliphatic rings. The molecule has 1 atom stereocenters. The van der Waals surface area contributed by atoms with E-state index in [1.54, 1.807) is 23.2 Å². The first-order valence-corrected chi connectivity index (χ1v) is 11.4. The molecule has 2 aliphatic heterocycles. The Morgan fingerprint density at radius 2 is 1.91 bits per heavy atom. The predicted molar refractivity (Wildman–Crippen MR) is 123 cm³/mol. The number of anilines is 1. The van der Waals surface area contributed by atoms with Gasteiger partial charge in [0.15, 0.2) is 0 Å². The van der Waals surface area contributed by atoms with Crippen LogP contribution in [0.15, 0.2) is 36.7 Å². The van der Waals surface area contributed by atoms with Crippen molar-refractivity contribution in [1.82, 2.24) is 15.2 Å². The van der Waals surface area contributed by atoms with E-state index in [1.165, 1.54) is 25.4 Å². The zero-order chi connectivity index (χ0) is 25.4. The fourth-order valence-corrected chi connectivity index (χ4v) is 5.17. The van der Waals surface area contributed by atoms with Crippen LogP contribution in [0.5, 0.6) is 0 Å². The van der Waals surface area contributed by atoms with Crippen LogP contribution in [0, 0.1) is 23.7 Å². The monoisotopic (exact) mass is 485 g/mol. The number of piperidine rings is 1. The number of amides is 2. The summed E-state index contributed by atoms with van der Waals surface area (Å²) in [7, 11) is 1.54. The number of carbonyl (C=O) groups excluding carboxylic acids is 2. The Hall–Kier alpha value is -3.61. The molecule has 3 heterocycles. The van der Waals surface area contributed by atoms with Crippen molar-refractivity contribution < 1.29 is 22.8 Å². The van der Waals surface area contributed by atoms with Crippen LogP contribution in [0.25, 0.3) is 0 Å². The number of likely N-dealkylation sites (tertiary alicyclic amines) is 1. The average molecular weight is 486 g/mol. The van der Waals surface area contributed by atoms with Gasteiger partial charge in [0.05, 0.1) is 22.8 Å². The number of alkyl halides is 3. The molecule has 2 amide bonds. The first-order valence-electron chi connectivity index (χ1n) is 11.4. The van der Waals surface area contributed by atoms with Gasteiger partial charge in [0.2, 0.25) is 5.91 Å². The van der Waals surface area contributed by atoms with E-state index >= 15 is 0 Å². The van der Waals surface area contributed by atoms with E-state index in [0.717, 1.165) is 11.6 Å². The molecule has 0 saturated carbocycles. The maximum Gasteiger partial charge on any atom is 0.417 e. The van der Waals surface area contributed by atoms with Gasteiger partial charge < -0.3 is 15.1 Å². The quantitative estimate of drug-likeness (QED) is 0.719. The number of likely N-dealkylation sites (N-methyl/N-ethyl adjacent to an activating group) is 1. The van der Waals surface area contributed by atoms with Gasteiger partial charge in [-0.1, -0.05) is 0 Å². The van der Waals surface area contributed by atoms with Crippen molar-refractivity contribution in [3.8, 4) is 6.07 Å². The number of rotatable bonds is 3. The summed E-state index contributed by atoms with van der Waals surface area (Å²) in [6.45, 7) is 3.21. The summed E-state index contributed by atoms with van der Waals surface area (Å²) in [5.74, 6) is -0.490. The second kappa shape index (κ2) is 9.21. The Labute approximate surface area is 201 Å². The first-order chi connectivity index (χ1) is 16.6. The lowest BCUT2D eigenvalue weighted by molar-refractivity contribution is -0.137. The van der Waals surface area contributed by atoms with Gasteiger partial charge >= 0.3 is 6.18 Å².